The molecule has 8 heteroatoms. The second-order valence-corrected chi connectivity index (χ2v) is 7.50. The number of aromatic nitrogens is 2. The van der Waals surface area contributed by atoms with Gasteiger partial charge >= 0.3 is 5.69 Å². The minimum Gasteiger partial charge on any atom is -0.494 e. The molecular weight excluding hydrogens is 396 g/mol. The van der Waals surface area contributed by atoms with Gasteiger partial charge in [0, 0.05) is 44.2 Å². The van der Waals surface area contributed by atoms with E-state index >= 15 is 0 Å². The molecule has 0 atom stereocenters. The second kappa shape index (κ2) is 8.67. The van der Waals surface area contributed by atoms with Crippen LogP contribution >= 0.6 is 0 Å². The summed E-state index contributed by atoms with van der Waals surface area (Å²) >= 11 is 0. The van der Waals surface area contributed by atoms with Crippen molar-refractivity contribution in [1.29, 1.82) is 0 Å². The SMILES string of the molecule is CCn1c(=O)n(CCC(=O)Nc2ccc(N3CCCC3=O)c(OC)c2)c2ccccc21. The molecule has 162 valence electrons. The number of hydrogen-bond donors (Lipinski definition) is 1. The Hall–Kier alpha value is -3.55. The molecule has 2 heterocycles. The molecule has 4 rings (SSSR count). The Kier molecular flexibility index (Phi) is 5.79. The van der Waals surface area contributed by atoms with Crippen LogP contribution in [-0.4, -0.2) is 34.6 Å². The molecule has 2 aromatic carbocycles. The van der Waals surface area contributed by atoms with E-state index in [1.165, 1.54) is 0 Å². The summed E-state index contributed by atoms with van der Waals surface area (Å²) in [4.78, 5) is 39.0. The van der Waals surface area contributed by atoms with E-state index in [1.54, 1.807) is 39.3 Å². The molecule has 1 aromatic heterocycles. The lowest BCUT2D eigenvalue weighted by Crippen LogP contribution is -2.26. The van der Waals surface area contributed by atoms with Crippen LogP contribution in [0.5, 0.6) is 5.75 Å². The standard InChI is InChI=1S/C23H26N4O4/c1-3-25-17-7-4-5-8-18(17)27(23(25)30)14-12-21(28)24-16-10-11-19(20(15-16)31-2)26-13-6-9-22(26)29/h4-5,7-8,10-11,15H,3,6,9,12-14H2,1-2H3,(H,24,28). The van der Waals surface area contributed by atoms with Crippen LogP contribution < -0.4 is 20.6 Å². The van der Waals surface area contributed by atoms with Crippen molar-refractivity contribution in [3.05, 3.63) is 52.9 Å². The summed E-state index contributed by atoms with van der Waals surface area (Å²) < 4.78 is 8.79. The minimum absolute atomic E-state index is 0.0757. The molecule has 1 aliphatic heterocycles. The summed E-state index contributed by atoms with van der Waals surface area (Å²) in [6.07, 6.45) is 1.52. The van der Waals surface area contributed by atoms with Crippen molar-refractivity contribution in [2.24, 2.45) is 0 Å². The normalized spacial score (nSPS) is 13.7. The van der Waals surface area contributed by atoms with Gasteiger partial charge in [0.1, 0.15) is 5.75 Å². The van der Waals surface area contributed by atoms with Gasteiger partial charge < -0.3 is 15.0 Å². The molecule has 0 unspecified atom stereocenters. The third-order valence-corrected chi connectivity index (χ3v) is 5.63. The molecule has 1 saturated heterocycles. The lowest BCUT2D eigenvalue weighted by molar-refractivity contribution is -0.117. The Morgan fingerprint density at radius 1 is 1.10 bits per heavy atom. The molecule has 1 N–H and O–H groups in total. The van der Waals surface area contributed by atoms with Crippen LogP contribution in [0.15, 0.2) is 47.3 Å². The number of carbonyl (C=O) groups is 2. The van der Waals surface area contributed by atoms with Gasteiger partial charge in [-0.1, -0.05) is 12.1 Å². The van der Waals surface area contributed by atoms with E-state index < -0.39 is 0 Å². The smallest absolute Gasteiger partial charge is 0.329 e. The fourth-order valence-corrected chi connectivity index (χ4v) is 4.11. The number of carbonyl (C=O) groups excluding carboxylic acids is 2. The van der Waals surface area contributed by atoms with Crippen molar-refractivity contribution in [2.45, 2.75) is 39.3 Å². The van der Waals surface area contributed by atoms with Crippen LogP contribution in [0, 0.1) is 0 Å². The number of para-hydroxylation sites is 2. The van der Waals surface area contributed by atoms with Crippen molar-refractivity contribution < 1.29 is 14.3 Å². The molecule has 1 aliphatic rings. The Balaban J connectivity index is 1.47. The lowest BCUT2D eigenvalue weighted by atomic mass is 10.2. The number of ether oxygens (including phenoxy) is 1. The first-order chi connectivity index (χ1) is 15.0. The predicted molar refractivity (Wildman–Crippen MR) is 120 cm³/mol. The quantitative estimate of drug-likeness (QED) is 0.634. The number of imidazole rings is 1. The highest BCUT2D eigenvalue weighted by Gasteiger charge is 2.24. The van der Waals surface area contributed by atoms with Gasteiger partial charge in [-0.05, 0) is 37.6 Å². The third-order valence-electron chi connectivity index (χ3n) is 5.63. The maximum Gasteiger partial charge on any atom is 0.329 e. The van der Waals surface area contributed by atoms with E-state index in [0.717, 1.165) is 17.5 Å². The minimum atomic E-state index is -0.202. The number of fused-ring (bicyclic) bond motifs is 1. The van der Waals surface area contributed by atoms with Crippen molar-refractivity contribution in [3.8, 4) is 5.75 Å². The number of methoxy groups -OCH3 is 1. The second-order valence-electron chi connectivity index (χ2n) is 7.50. The fourth-order valence-electron chi connectivity index (χ4n) is 4.11. The van der Waals surface area contributed by atoms with Crippen LogP contribution in [0.1, 0.15) is 26.2 Å². The number of hydrogen-bond acceptors (Lipinski definition) is 4. The van der Waals surface area contributed by atoms with Gasteiger partial charge in [0.25, 0.3) is 0 Å². The zero-order valence-electron chi connectivity index (χ0n) is 17.8. The van der Waals surface area contributed by atoms with Gasteiger partial charge in [-0.25, -0.2) is 4.79 Å². The van der Waals surface area contributed by atoms with Crippen molar-refractivity contribution in [3.63, 3.8) is 0 Å². The van der Waals surface area contributed by atoms with Crippen molar-refractivity contribution in [1.82, 2.24) is 9.13 Å². The fraction of sp³-hybridized carbons (Fsp3) is 0.348. The summed E-state index contributed by atoms with van der Waals surface area (Å²) in [6, 6.07) is 12.9. The van der Waals surface area contributed by atoms with E-state index in [-0.39, 0.29) is 30.5 Å². The van der Waals surface area contributed by atoms with Crippen molar-refractivity contribution in [2.75, 3.05) is 23.9 Å². The molecule has 3 aromatic rings. The molecule has 0 radical (unpaired) electrons. The number of anilines is 2. The Bertz CT molecular complexity index is 1190. The molecule has 31 heavy (non-hydrogen) atoms. The lowest BCUT2D eigenvalue weighted by Gasteiger charge is -2.19. The Morgan fingerprint density at radius 2 is 1.84 bits per heavy atom. The molecule has 8 nitrogen and oxygen atoms in total. The number of amides is 2. The molecule has 1 fully saturated rings. The Labute approximate surface area is 180 Å². The summed E-state index contributed by atoms with van der Waals surface area (Å²) in [5.74, 6) is 0.411. The van der Waals surface area contributed by atoms with Gasteiger partial charge in [-0.2, -0.15) is 0 Å². The third kappa shape index (κ3) is 3.93. The Morgan fingerprint density at radius 3 is 2.48 bits per heavy atom. The first-order valence-electron chi connectivity index (χ1n) is 10.5. The molecule has 0 spiro atoms. The van der Waals surface area contributed by atoms with Crippen LogP contribution in [0.25, 0.3) is 11.0 Å². The highest BCUT2D eigenvalue weighted by molar-refractivity contribution is 5.98. The maximum atomic E-state index is 12.7. The zero-order valence-corrected chi connectivity index (χ0v) is 17.8. The number of aryl methyl sites for hydroxylation is 2. The molecular formula is C23H26N4O4. The summed E-state index contributed by atoms with van der Waals surface area (Å²) in [6.45, 7) is 3.46. The van der Waals surface area contributed by atoms with Crippen LogP contribution in [0.4, 0.5) is 11.4 Å². The summed E-state index contributed by atoms with van der Waals surface area (Å²) in [5, 5.41) is 2.86. The first-order valence-corrected chi connectivity index (χ1v) is 10.5. The van der Waals surface area contributed by atoms with Gasteiger partial charge in [0.15, 0.2) is 0 Å². The van der Waals surface area contributed by atoms with E-state index in [1.807, 2.05) is 31.2 Å². The molecule has 0 bridgehead atoms. The predicted octanol–water partition coefficient (Wildman–Crippen LogP) is 2.99. The highest BCUT2D eigenvalue weighted by atomic mass is 16.5. The van der Waals surface area contributed by atoms with Gasteiger partial charge in [0.05, 0.1) is 23.8 Å². The number of benzene rings is 2. The van der Waals surface area contributed by atoms with E-state index in [0.29, 0.717) is 36.6 Å². The van der Waals surface area contributed by atoms with Gasteiger partial charge in [0.2, 0.25) is 11.8 Å². The number of nitrogens with one attached hydrogen (secondary N) is 1. The zero-order chi connectivity index (χ0) is 22.0. The molecule has 2 amide bonds. The average Bonchev–Trinajstić information content (AvgIpc) is 3.32. The van der Waals surface area contributed by atoms with Crippen molar-refractivity contribution >= 4 is 34.2 Å². The van der Waals surface area contributed by atoms with E-state index in [2.05, 4.69) is 5.32 Å². The first kappa shape index (κ1) is 20.7. The van der Waals surface area contributed by atoms with Gasteiger partial charge in [-0.15, -0.1) is 0 Å². The maximum absolute atomic E-state index is 12.7. The largest absolute Gasteiger partial charge is 0.494 e. The highest BCUT2D eigenvalue weighted by Crippen LogP contribution is 2.33. The van der Waals surface area contributed by atoms with E-state index in [4.69, 9.17) is 4.74 Å². The van der Waals surface area contributed by atoms with Crippen LogP contribution in [-0.2, 0) is 22.7 Å². The van der Waals surface area contributed by atoms with Crippen LogP contribution in [0.2, 0.25) is 0 Å². The average molecular weight is 422 g/mol. The molecule has 0 saturated carbocycles. The number of nitrogens with zero attached hydrogens (tertiary/aromatic N) is 3. The van der Waals surface area contributed by atoms with Crippen LogP contribution in [0.3, 0.4) is 0 Å². The van der Waals surface area contributed by atoms with E-state index in [9.17, 15) is 14.4 Å². The number of rotatable bonds is 7. The molecule has 0 aliphatic carbocycles. The monoisotopic (exact) mass is 422 g/mol. The summed E-state index contributed by atoms with van der Waals surface area (Å²) in [7, 11) is 1.54. The summed E-state index contributed by atoms with van der Waals surface area (Å²) in [5.41, 5.74) is 2.87. The topological polar surface area (TPSA) is 85.6 Å². The van der Waals surface area contributed by atoms with Gasteiger partial charge in [-0.3, -0.25) is 18.7 Å².